The lowest BCUT2D eigenvalue weighted by molar-refractivity contribution is -0.135. The number of hydrogen-bond donors (Lipinski definition) is 2. The Bertz CT molecular complexity index is 432. The summed E-state index contributed by atoms with van der Waals surface area (Å²) in [5.74, 6) is -1.20. The first-order valence-corrected chi connectivity index (χ1v) is 5.57. The van der Waals surface area contributed by atoms with E-state index >= 15 is 0 Å². The molecule has 0 spiro atoms. The number of amides is 1. The van der Waals surface area contributed by atoms with E-state index in [1.54, 1.807) is 11.0 Å². The summed E-state index contributed by atoms with van der Waals surface area (Å²) in [5, 5.41) is 16.4. The Morgan fingerprint density at radius 1 is 1.44 bits per heavy atom. The highest BCUT2D eigenvalue weighted by molar-refractivity contribution is 5.90. The van der Waals surface area contributed by atoms with Crippen LogP contribution in [0.2, 0.25) is 0 Å². The highest BCUT2D eigenvalue weighted by Crippen LogP contribution is 2.14. The monoisotopic (exact) mass is 252 g/mol. The van der Waals surface area contributed by atoms with Crippen molar-refractivity contribution in [2.75, 3.05) is 11.4 Å². The van der Waals surface area contributed by atoms with Crippen LogP contribution in [0.5, 0.6) is 0 Å². The number of aliphatic carboxylic acids is 1. The van der Waals surface area contributed by atoms with Crippen molar-refractivity contribution in [2.45, 2.75) is 26.3 Å². The Morgan fingerprint density at radius 3 is 2.50 bits per heavy atom. The summed E-state index contributed by atoms with van der Waals surface area (Å²) in [7, 11) is 0. The van der Waals surface area contributed by atoms with Crippen LogP contribution in [0.1, 0.15) is 30.8 Å². The van der Waals surface area contributed by atoms with Gasteiger partial charge < -0.3 is 15.7 Å². The maximum absolute atomic E-state index is 10.9. The molecule has 3 N–H and O–H groups in total. The Kier molecular flexibility index (Phi) is 4.59. The number of carbonyl (C=O) groups excluding carboxylic acids is 1. The quantitative estimate of drug-likeness (QED) is 0.751. The molecule has 7 nitrogen and oxygen atoms in total. The van der Waals surface area contributed by atoms with Crippen LogP contribution in [0.3, 0.4) is 0 Å². The molecule has 0 aliphatic heterocycles. The van der Waals surface area contributed by atoms with Gasteiger partial charge in [-0.15, -0.1) is 10.2 Å². The highest BCUT2D eigenvalue weighted by atomic mass is 16.4. The van der Waals surface area contributed by atoms with Crippen molar-refractivity contribution in [3.05, 3.63) is 17.8 Å². The molecule has 1 aromatic heterocycles. The van der Waals surface area contributed by atoms with Crippen molar-refractivity contribution in [1.29, 1.82) is 0 Å². The van der Waals surface area contributed by atoms with Crippen LogP contribution in [0.25, 0.3) is 0 Å². The zero-order chi connectivity index (χ0) is 13.7. The number of aromatic nitrogens is 2. The molecule has 98 valence electrons. The Labute approximate surface area is 105 Å². The van der Waals surface area contributed by atoms with Crippen LogP contribution >= 0.6 is 0 Å². The number of anilines is 1. The molecule has 0 fully saturated rings. The summed E-state index contributed by atoms with van der Waals surface area (Å²) in [6.07, 6.45) is 0.770. The number of carbonyl (C=O) groups is 2. The molecule has 0 aliphatic carbocycles. The smallest absolute Gasteiger partial charge is 0.323 e. The first-order chi connectivity index (χ1) is 8.45. The van der Waals surface area contributed by atoms with E-state index in [1.807, 2.05) is 13.8 Å². The fourth-order valence-electron chi connectivity index (χ4n) is 1.44. The summed E-state index contributed by atoms with van der Waals surface area (Å²) >= 11 is 0. The third kappa shape index (κ3) is 3.41. The number of nitrogens with zero attached hydrogens (tertiary/aromatic N) is 3. The highest BCUT2D eigenvalue weighted by Gasteiger charge is 2.18. The molecule has 1 rings (SSSR count). The van der Waals surface area contributed by atoms with Crippen molar-refractivity contribution in [2.24, 2.45) is 5.73 Å². The molecule has 7 heteroatoms. The molecule has 1 atom stereocenters. The van der Waals surface area contributed by atoms with Crippen LogP contribution in [0, 0.1) is 0 Å². The third-order valence-electron chi connectivity index (χ3n) is 2.63. The molecule has 0 bridgehead atoms. The van der Waals surface area contributed by atoms with Gasteiger partial charge in [0.1, 0.15) is 6.54 Å². The average molecular weight is 252 g/mol. The van der Waals surface area contributed by atoms with Crippen LogP contribution in [-0.4, -0.2) is 39.8 Å². The summed E-state index contributed by atoms with van der Waals surface area (Å²) in [4.78, 5) is 23.3. The molecule has 0 aromatic carbocycles. The average Bonchev–Trinajstić information content (AvgIpc) is 2.35. The van der Waals surface area contributed by atoms with E-state index in [2.05, 4.69) is 10.2 Å². The molecule has 0 saturated carbocycles. The minimum absolute atomic E-state index is 0.00910. The van der Waals surface area contributed by atoms with Gasteiger partial charge in [0.2, 0.25) is 0 Å². The molecule has 0 saturated heterocycles. The number of carboxylic acids is 1. The molecule has 0 aliphatic rings. The predicted molar refractivity (Wildman–Crippen MR) is 65.3 cm³/mol. The standard InChI is InChI=1S/C11H16N4O3/c1-3-7(2)15(6-10(16)17)9-5-4-8(11(12)18)13-14-9/h4-5,7H,3,6H2,1-2H3,(H2,12,18)(H,16,17). The molecular weight excluding hydrogens is 236 g/mol. The van der Waals surface area contributed by atoms with Gasteiger partial charge in [-0.1, -0.05) is 6.92 Å². The van der Waals surface area contributed by atoms with E-state index in [4.69, 9.17) is 10.8 Å². The molecular formula is C11H16N4O3. The second-order valence-corrected chi connectivity index (χ2v) is 3.92. The fraction of sp³-hybridized carbons (Fsp3) is 0.455. The van der Waals surface area contributed by atoms with Crippen molar-refractivity contribution in [3.8, 4) is 0 Å². The maximum Gasteiger partial charge on any atom is 0.323 e. The van der Waals surface area contributed by atoms with Gasteiger partial charge in [-0.05, 0) is 25.5 Å². The number of carboxylic acid groups (broad SMARTS) is 1. The van der Waals surface area contributed by atoms with Gasteiger partial charge in [-0.3, -0.25) is 9.59 Å². The molecule has 1 amide bonds. The van der Waals surface area contributed by atoms with Crippen LogP contribution in [0.15, 0.2) is 12.1 Å². The summed E-state index contributed by atoms with van der Waals surface area (Å²) in [5.41, 5.74) is 5.11. The topological polar surface area (TPSA) is 109 Å². The van der Waals surface area contributed by atoms with E-state index in [0.29, 0.717) is 5.82 Å². The zero-order valence-corrected chi connectivity index (χ0v) is 10.3. The number of primary amides is 1. The van der Waals surface area contributed by atoms with Crippen molar-refractivity contribution in [1.82, 2.24) is 10.2 Å². The maximum atomic E-state index is 10.9. The molecule has 0 radical (unpaired) electrons. The number of nitrogens with two attached hydrogens (primary N) is 1. The Hall–Kier alpha value is -2.18. The normalized spacial score (nSPS) is 11.9. The van der Waals surface area contributed by atoms with E-state index in [-0.39, 0.29) is 18.3 Å². The number of hydrogen-bond acceptors (Lipinski definition) is 5. The van der Waals surface area contributed by atoms with Crippen molar-refractivity contribution in [3.63, 3.8) is 0 Å². The number of rotatable bonds is 6. The minimum Gasteiger partial charge on any atom is -0.480 e. The fourth-order valence-corrected chi connectivity index (χ4v) is 1.44. The lowest BCUT2D eigenvalue weighted by Crippen LogP contribution is -2.38. The summed E-state index contributed by atoms with van der Waals surface area (Å²) in [6.45, 7) is 3.68. The predicted octanol–water partition coefficient (Wildman–Crippen LogP) is 0.265. The van der Waals surface area contributed by atoms with Gasteiger partial charge >= 0.3 is 5.97 Å². The molecule has 1 aromatic rings. The first-order valence-electron chi connectivity index (χ1n) is 5.57. The second-order valence-electron chi connectivity index (χ2n) is 3.92. The van der Waals surface area contributed by atoms with Gasteiger partial charge in [-0.2, -0.15) is 0 Å². The lowest BCUT2D eigenvalue weighted by atomic mass is 10.2. The molecule has 1 unspecified atom stereocenters. The third-order valence-corrected chi connectivity index (χ3v) is 2.63. The largest absolute Gasteiger partial charge is 0.480 e. The van der Waals surface area contributed by atoms with Crippen molar-refractivity contribution >= 4 is 17.7 Å². The Morgan fingerprint density at radius 2 is 2.11 bits per heavy atom. The zero-order valence-electron chi connectivity index (χ0n) is 10.3. The second kappa shape index (κ2) is 5.95. The van der Waals surface area contributed by atoms with Crippen molar-refractivity contribution < 1.29 is 14.7 Å². The van der Waals surface area contributed by atoms with Crippen LogP contribution in [-0.2, 0) is 4.79 Å². The van der Waals surface area contributed by atoms with Gasteiger partial charge in [0.05, 0.1) is 0 Å². The lowest BCUT2D eigenvalue weighted by Gasteiger charge is -2.27. The van der Waals surface area contributed by atoms with Crippen LogP contribution in [0.4, 0.5) is 5.82 Å². The molecule has 18 heavy (non-hydrogen) atoms. The van der Waals surface area contributed by atoms with Gasteiger partial charge in [0.15, 0.2) is 11.5 Å². The van der Waals surface area contributed by atoms with Gasteiger partial charge in [0.25, 0.3) is 5.91 Å². The Balaban J connectivity index is 2.97. The van der Waals surface area contributed by atoms with Crippen LogP contribution < -0.4 is 10.6 Å². The van der Waals surface area contributed by atoms with E-state index in [1.165, 1.54) is 6.07 Å². The molecule has 1 heterocycles. The minimum atomic E-state index is -0.948. The van der Waals surface area contributed by atoms with E-state index in [9.17, 15) is 9.59 Å². The summed E-state index contributed by atoms with van der Waals surface area (Å²) < 4.78 is 0. The van der Waals surface area contributed by atoms with E-state index in [0.717, 1.165) is 6.42 Å². The summed E-state index contributed by atoms with van der Waals surface area (Å²) in [6, 6.07) is 2.99. The van der Waals surface area contributed by atoms with Gasteiger partial charge in [0, 0.05) is 6.04 Å². The first kappa shape index (κ1) is 13.9. The van der Waals surface area contributed by atoms with Gasteiger partial charge in [-0.25, -0.2) is 0 Å². The SMILES string of the molecule is CCC(C)N(CC(=O)O)c1ccc(C(N)=O)nn1. The van der Waals surface area contributed by atoms with E-state index < -0.39 is 11.9 Å².